The van der Waals surface area contributed by atoms with Crippen molar-refractivity contribution in [3.05, 3.63) is 51.9 Å². The van der Waals surface area contributed by atoms with Crippen LogP contribution in [0.1, 0.15) is 32.8 Å². The highest BCUT2D eigenvalue weighted by atomic mass is 79.9. The zero-order valence-corrected chi connectivity index (χ0v) is 12.8. The van der Waals surface area contributed by atoms with Gasteiger partial charge in [-0.05, 0) is 42.5 Å². The van der Waals surface area contributed by atoms with E-state index in [1.807, 2.05) is 24.3 Å². The topological polar surface area (TPSA) is 29.1 Å². The van der Waals surface area contributed by atoms with Gasteiger partial charge in [0.15, 0.2) is 0 Å². The molecule has 1 N–H and O–H groups in total. The second-order valence-corrected chi connectivity index (χ2v) is 6.36. The molecule has 0 bridgehead atoms. The Hall–Kier alpha value is -1.13. The molecule has 0 aliphatic heterocycles. The highest BCUT2D eigenvalue weighted by molar-refractivity contribution is 9.08. The lowest BCUT2D eigenvalue weighted by atomic mass is 10.1. The largest absolute Gasteiger partial charge is 0.314 e. The second kappa shape index (κ2) is 5.47. The van der Waals surface area contributed by atoms with E-state index in [1.54, 1.807) is 11.3 Å². The maximum Gasteiger partial charge on any atom is 0.256 e. The molecule has 0 spiro atoms. The quantitative estimate of drug-likeness (QED) is 0.828. The fraction of sp³-hybridized carbons (Fsp3) is 0.267. The van der Waals surface area contributed by atoms with Crippen LogP contribution < -0.4 is 5.32 Å². The maximum absolute atomic E-state index is 12.3. The molecule has 1 aromatic heterocycles. The number of alkyl halides is 1. The number of carbonyl (C=O) groups excluding carboxylic acids is 1. The summed E-state index contributed by atoms with van der Waals surface area (Å²) in [5, 5.41) is 4.68. The Kier molecular flexibility index (Phi) is 3.71. The standard InChI is InChI=1S/C15H14BrNOS/c16-9-11-4-1-2-6-12(11)15(18)17-14-8-10-5-3-7-13(10)19-14/h1-2,4,6,8H,3,5,7,9H2,(H,17,18). The van der Waals surface area contributed by atoms with Crippen LogP contribution in [0.3, 0.4) is 0 Å². The van der Waals surface area contributed by atoms with Gasteiger partial charge in [0.2, 0.25) is 0 Å². The molecule has 1 heterocycles. The monoisotopic (exact) mass is 335 g/mol. The Morgan fingerprint density at radius 2 is 2.16 bits per heavy atom. The first-order valence-corrected chi connectivity index (χ1v) is 8.28. The molecule has 0 fully saturated rings. The number of carbonyl (C=O) groups is 1. The van der Waals surface area contributed by atoms with E-state index < -0.39 is 0 Å². The van der Waals surface area contributed by atoms with Crippen LogP contribution in [0.4, 0.5) is 5.00 Å². The lowest BCUT2D eigenvalue weighted by Gasteiger charge is -2.06. The minimum atomic E-state index is -0.0185. The number of fused-ring (bicyclic) bond motifs is 1. The summed E-state index contributed by atoms with van der Waals surface area (Å²) >= 11 is 5.14. The fourth-order valence-electron chi connectivity index (χ4n) is 2.43. The number of thiophene rings is 1. The first kappa shape index (κ1) is 12.9. The molecule has 1 aliphatic rings. The van der Waals surface area contributed by atoms with Gasteiger partial charge < -0.3 is 5.32 Å². The van der Waals surface area contributed by atoms with Gasteiger partial charge in [0.25, 0.3) is 5.91 Å². The van der Waals surface area contributed by atoms with Gasteiger partial charge in [-0.3, -0.25) is 4.79 Å². The van der Waals surface area contributed by atoms with Crippen molar-refractivity contribution < 1.29 is 4.79 Å². The lowest BCUT2D eigenvalue weighted by Crippen LogP contribution is -2.12. The van der Waals surface area contributed by atoms with Crippen LogP contribution in [0.5, 0.6) is 0 Å². The molecule has 19 heavy (non-hydrogen) atoms. The van der Waals surface area contributed by atoms with Gasteiger partial charge in [-0.2, -0.15) is 0 Å². The molecule has 0 atom stereocenters. The van der Waals surface area contributed by atoms with E-state index in [2.05, 4.69) is 27.3 Å². The van der Waals surface area contributed by atoms with Crippen molar-refractivity contribution in [1.82, 2.24) is 0 Å². The number of aryl methyl sites for hydroxylation is 2. The Balaban J connectivity index is 1.80. The number of hydrogen-bond donors (Lipinski definition) is 1. The van der Waals surface area contributed by atoms with E-state index in [-0.39, 0.29) is 5.91 Å². The van der Waals surface area contributed by atoms with Crippen LogP contribution in [0, 0.1) is 0 Å². The van der Waals surface area contributed by atoms with Crippen molar-refractivity contribution in [2.45, 2.75) is 24.6 Å². The summed E-state index contributed by atoms with van der Waals surface area (Å²) in [6.45, 7) is 0. The van der Waals surface area contributed by atoms with Gasteiger partial charge >= 0.3 is 0 Å². The zero-order chi connectivity index (χ0) is 13.2. The number of benzene rings is 1. The number of halogens is 1. The molecule has 0 unspecified atom stereocenters. The molecule has 1 aromatic carbocycles. The molecule has 1 amide bonds. The summed E-state index contributed by atoms with van der Waals surface area (Å²) in [6.07, 6.45) is 3.56. The second-order valence-electron chi connectivity index (χ2n) is 4.66. The third-order valence-corrected chi connectivity index (χ3v) is 5.15. The van der Waals surface area contributed by atoms with Gasteiger partial charge in [-0.25, -0.2) is 0 Å². The highest BCUT2D eigenvalue weighted by Gasteiger charge is 2.17. The molecule has 2 aromatic rings. The average molecular weight is 336 g/mol. The van der Waals surface area contributed by atoms with Crippen LogP contribution in [0.25, 0.3) is 0 Å². The van der Waals surface area contributed by atoms with Crippen LogP contribution >= 0.6 is 27.3 Å². The summed E-state index contributed by atoms with van der Waals surface area (Å²) in [6, 6.07) is 9.81. The number of anilines is 1. The molecular weight excluding hydrogens is 322 g/mol. The summed E-state index contributed by atoms with van der Waals surface area (Å²) < 4.78 is 0. The normalized spacial score (nSPS) is 13.3. The molecule has 0 saturated carbocycles. The number of hydrogen-bond acceptors (Lipinski definition) is 2. The molecule has 98 valence electrons. The Morgan fingerprint density at radius 3 is 2.95 bits per heavy atom. The van der Waals surface area contributed by atoms with Gasteiger partial charge in [0.05, 0.1) is 5.00 Å². The lowest BCUT2D eigenvalue weighted by molar-refractivity contribution is 0.102. The predicted octanol–water partition coefficient (Wildman–Crippen LogP) is 4.38. The SMILES string of the molecule is O=C(Nc1cc2c(s1)CCC2)c1ccccc1CBr. The third-order valence-electron chi connectivity index (χ3n) is 3.39. The minimum Gasteiger partial charge on any atom is -0.314 e. The Morgan fingerprint density at radius 1 is 1.32 bits per heavy atom. The number of nitrogens with one attached hydrogen (secondary N) is 1. The first-order valence-electron chi connectivity index (χ1n) is 6.34. The summed E-state index contributed by atoms with van der Waals surface area (Å²) in [7, 11) is 0. The van der Waals surface area contributed by atoms with Crippen molar-refractivity contribution in [3.63, 3.8) is 0 Å². The first-order chi connectivity index (χ1) is 9.28. The minimum absolute atomic E-state index is 0.0185. The van der Waals surface area contributed by atoms with Crippen molar-refractivity contribution >= 4 is 38.2 Å². The smallest absolute Gasteiger partial charge is 0.256 e. The molecule has 1 aliphatic carbocycles. The van der Waals surface area contributed by atoms with E-state index in [9.17, 15) is 4.79 Å². The van der Waals surface area contributed by atoms with Crippen LogP contribution in [-0.4, -0.2) is 5.91 Å². The van der Waals surface area contributed by atoms with Crippen molar-refractivity contribution in [3.8, 4) is 0 Å². The molecule has 2 nitrogen and oxygen atoms in total. The van der Waals surface area contributed by atoms with Crippen LogP contribution in [-0.2, 0) is 18.2 Å². The van der Waals surface area contributed by atoms with E-state index in [1.165, 1.54) is 16.9 Å². The van der Waals surface area contributed by atoms with E-state index >= 15 is 0 Å². The fourth-order valence-corrected chi connectivity index (χ4v) is 4.07. The van der Waals surface area contributed by atoms with Crippen molar-refractivity contribution in [1.29, 1.82) is 0 Å². The number of amides is 1. The molecule has 3 rings (SSSR count). The number of rotatable bonds is 3. The predicted molar refractivity (Wildman–Crippen MR) is 83.4 cm³/mol. The molecular formula is C15H14BrNOS. The molecule has 4 heteroatoms. The summed E-state index contributed by atoms with van der Waals surface area (Å²) in [4.78, 5) is 13.7. The van der Waals surface area contributed by atoms with E-state index in [0.29, 0.717) is 5.33 Å². The third kappa shape index (κ3) is 2.60. The van der Waals surface area contributed by atoms with Gasteiger partial charge in [0.1, 0.15) is 0 Å². The van der Waals surface area contributed by atoms with Gasteiger partial charge in [-0.1, -0.05) is 34.1 Å². The van der Waals surface area contributed by atoms with Crippen LogP contribution in [0.2, 0.25) is 0 Å². The molecule has 0 radical (unpaired) electrons. The summed E-state index contributed by atoms with van der Waals surface area (Å²) in [5.41, 5.74) is 3.17. The van der Waals surface area contributed by atoms with Crippen molar-refractivity contribution in [2.75, 3.05) is 5.32 Å². The van der Waals surface area contributed by atoms with E-state index in [0.717, 1.165) is 29.0 Å². The van der Waals surface area contributed by atoms with Crippen molar-refractivity contribution in [2.24, 2.45) is 0 Å². The maximum atomic E-state index is 12.3. The zero-order valence-electron chi connectivity index (χ0n) is 10.4. The Bertz CT molecular complexity index is 599. The highest BCUT2D eigenvalue weighted by Crippen LogP contribution is 2.34. The Labute approximate surface area is 125 Å². The van der Waals surface area contributed by atoms with E-state index in [4.69, 9.17) is 0 Å². The summed E-state index contributed by atoms with van der Waals surface area (Å²) in [5.74, 6) is -0.0185. The average Bonchev–Trinajstić information content (AvgIpc) is 2.99. The van der Waals surface area contributed by atoms with Gasteiger partial charge in [-0.15, -0.1) is 11.3 Å². The van der Waals surface area contributed by atoms with Crippen LogP contribution in [0.15, 0.2) is 30.3 Å². The molecule has 0 saturated heterocycles. The van der Waals surface area contributed by atoms with Gasteiger partial charge in [0, 0.05) is 15.8 Å².